The molecule has 0 bridgehead atoms. The van der Waals surface area contributed by atoms with Gasteiger partial charge in [0.1, 0.15) is 0 Å². The van der Waals surface area contributed by atoms with Crippen LogP contribution in [0.5, 0.6) is 0 Å². The first-order chi connectivity index (χ1) is 9.77. The van der Waals surface area contributed by atoms with E-state index in [0.29, 0.717) is 6.42 Å². The fourth-order valence-electron chi connectivity index (χ4n) is 2.09. The van der Waals surface area contributed by atoms with Gasteiger partial charge in [0, 0.05) is 6.42 Å². The summed E-state index contributed by atoms with van der Waals surface area (Å²) in [6.45, 7) is 2.23. The number of allylic oxidation sites excluding steroid dienone is 4. The summed E-state index contributed by atoms with van der Waals surface area (Å²) in [6, 6.07) is 0. The smallest absolute Gasteiger partial charge is 0.303 e. The average molecular weight is 281 g/mol. The Morgan fingerprint density at radius 1 is 0.800 bits per heavy atom. The van der Waals surface area contributed by atoms with E-state index < -0.39 is 5.97 Å². The molecule has 0 amide bonds. The molecule has 0 saturated heterocycles. The van der Waals surface area contributed by atoms with E-state index in [1.807, 2.05) is 0 Å². The van der Waals surface area contributed by atoms with Crippen LogP contribution in [0.25, 0.3) is 0 Å². The number of carboxylic acids is 1. The minimum absolute atomic E-state index is 0.324. The minimum Gasteiger partial charge on any atom is -0.481 e. The van der Waals surface area contributed by atoms with Crippen molar-refractivity contribution in [1.29, 1.82) is 0 Å². The van der Waals surface area contributed by atoms with Crippen LogP contribution < -0.4 is 0 Å². The lowest BCUT2D eigenvalue weighted by Gasteiger charge is -1.98. The molecular formula is C18H32O2. The highest BCUT2D eigenvalue weighted by atomic mass is 16.4. The van der Waals surface area contributed by atoms with Gasteiger partial charge < -0.3 is 5.11 Å². The molecule has 0 aliphatic rings. The molecule has 0 spiro atoms. The fourth-order valence-corrected chi connectivity index (χ4v) is 2.09. The quantitative estimate of drug-likeness (QED) is 0.245. The predicted octanol–water partition coefficient (Wildman–Crippen LogP) is 5.88. The Balaban J connectivity index is 3.17. The maximum absolute atomic E-state index is 10.3. The molecule has 0 rings (SSSR count). The molecule has 116 valence electrons. The maximum atomic E-state index is 10.3. The van der Waals surface area contributed by atoms with Crippen LogP contribution >= 0.6 is 0 Å². The van der Waals surface area contributed by atoms with E-state index in [4.69, 9.17) is 5.11 Å². The minimum atomic E-state index is -0.671. The van der Waals surface area contributed by atoms with E-state index in [1.165, 1.54) is 44.9 Å². The topological polar surface area (TPSA) is 37.3 Å². The van der Waals surface area contributed by atoms with Gasteiger partial charge in [-0.1, -0.05) is 63.3 Å². The van der Waals surface area contributed by atoms with Crippen molar-refractivity contribution < 1.29 is 9.90 Å². The van der Waals surface area contributed by atoms with Gasteiger partial charge in [0.2, 0.25) is 0 Å². The van der Waals surface area contributed by atoms with Crippen LogP contribution in [0.4, 0.5) is 0 Å². The Morgan fingerprint density at radius 3 is 1.95 bits per heavy atom. The van der Waals surface area contributed by atoms with Crippen LogP contribution in [-0.4, -0.2) is 11.1 Å². The van der Waals surface area contributed by atoms with Gasteiger partial charge in [-0.2, -0.15) is 0 Å². The molecule has 0 fully saturated rings. The first kappa shape index (κ1) is 18.9. The lowest BCUT2D eigenvalue weighted by Crippen LogP contribution is -1.93. The van der Waals surface area contributed by atoms with Gasteiger partial charge >= 0.3 is 5.97 Å². The van der Waals surface area contributed by atoms with E-state index >= 15 is 0 Å². The van der Waals surface area contributed by atoms with Crippen molar-refractivity contribution in [2.45, 2.75) is 84.0 Å². The highest BCUT2D eigenvalue weighted by molar-refractivity contribution is 5.66. The molecule has 20 heavy (non-hydrogen) atoms. The largest absolute Gasteiger partial charge is 0.481 e. The molecule has 0 saturated carbocycles. The van der Waals surface area contributed by atoms with Crippen LogP contribution in [0.15, 0.2) is 24.3 Å². The second kappa shape index (κ2) is 16.0. The summed E-state index contributed by atoms with van der Waals surface area (Å²) in [5, 5.41) is 8.50. The van der Waals surface area contributed by atoms with Gasteiger partial charge in [-0.25, -0.2) is 0 Å². The van der Waals surface area contributed by atoms with Crippen molar-refractivity contribution in [1.82, 2.24) is 0 Å². The summed E-state index contributed by atoms with van der Waals surface area (Å²) >= 11 is 0. The summed E-state index contributed by atoms with van der Waals surface area (Å²) in [6.07, 6.45) is 22.3. The van der Waals surface area contributed by atoms with E-state index in [-0.39, 0.29) is 0 Å². The van der Waals surface area contributed by atoms with Gasteiger partial charge in [0.15, 0.2) is 0 Å². The third kappa shape index (κ3) is 16.9. The molecule has 0 heterocycles. The lowest BCUT2D eigenvalue weighted by molar-refractivity contribution is -0.137. The van der Waals surface area contributed by atoms with E-state index in [2.05, 4.69) is 31.2 Å². The highest BCUT2D eigenvalue weighted by Gasteiger charge is 1.95. The fraction of sp³-hybridized carbons (Fsp3) is 0.722. The van der Waals surface area contributed by atoms with E-state index in [9.17, 15) is 4.79 Å². The number of carboxylic acid groups (broad SMARTS) is 1. The summed E-state index contributed by atoms with van der Waals surface area (Å²) in [5.74, 6) is -0.671. The third-order valence-corrected chi connectivity index (χ3v) is 3.34. The van der Waals surface area contributed by atoms with E-state index in [0.717, 1.165) is 25.7 Å². The number of carbonyl (C=O) groups is 1. The van der Waals surface area contributed by atoms with Crippen molar-refractivity contribution in [2.24, 2.45) is 0 Å². The molecule has 0 radical (unpaired) electrons. The van der Waals surface area contributed by atoms with Crippen LogP contribution in [-0.2, 0) is 4.79 Å². The normalized spacial score (nSPS) is 11.7. The van der Waals surface area contributed by atoms with Crippen LogP contribution in [0.3, 0.4) is 0 Å². The van der Waals surface area contributed by atoms with Crippen LogP contribution in [0.1, 0.15) is 84.0 Å². The molecule has 1 N–H and O–H groups in total. The molecule has 0 aliphatic carbocycles. The predicted molar refractivity (Wildman–Crippen MR) is 87.0 cm³/mol. The molecule has 0 aliphatic heterocycles. The van der Waals surface area contributed by atoms with Gasteiger partial charge in [-0.15, -0.1) is 0 Å². The Kier molecular flexibility index (Phi) is 15.2. The zero-order chi connectivity index (χ0) is 14.9. The second-order valence-corrected chi connectivity index (χ2v) is 5.37. The lowest BCUT2D eigenvalue weighted by atomic mass is 10.1. The van der Waals surface area contributed by atoms with Crippen molar-refractivity contribution in [3.8, 4) is 0 Å². The molecular weight excluding hydrogens is 249 g/mol. The summed E-state index contributed by atoms with van der Waals surface area (Å²) in [4.78, 5) is 10.3. The monoisotopic (exact) mass is 281 g/mol. The summed E-state index contributed by atoms with van der Waals surface area (Å²) in [7, 11) is 0. The molecule has 0 atom stereocenters. The standard InChI is InChI=1S/C18H32O2/c1-2-3-4-5-6-7-8-9-10-11-12-13-14-15-16-17-18(19)20/h6-7,9-10H,2-5,8,11-17H2,1H3,(H,19,20)/i8+1. The van der Waals surface area contributed by atoms with Crippen molar-refractivity contribution in [3.05, 3.63) is 24.3 Å². The average Bonchev–Trinajstić information content (AvgIpc) is 2.43. The zero-order valence-corrected chi connectivity index (χ0v) is 13.2. The number of hydrogen-bond acceptors (Lipinski definition) is 1. The second-order valence-electron chi connectivity index (χ2n) is 5.37. The van der Waals surface area contributed by atoms with Gasteiger partial charge in [0.25, 0.3) is 0 Å². The Labute approximate surface area is 125 Å². The molecule has 0 unspecified atom stereocenters. The molecule has 0 aromatic heterocycles. The van der Waals surface area contributed by atoms with Gasteiger partial charge in [0.05, 0.1) is 0 Å². The Hall–Kier alpha value is -1.05. The molecule has 0 aromatic rings. The van der Waals surface area contributed by atoms with Crippen LogP contribution in [0, 0.1) is 0 Å². The molecule has 0 aromatic carbocycles. The maximum Gasteiger partial charge on any atom is 0.303 e. The van der Waals surface area contributed by atoms with Crippen molar-refractivity contribution >= 4 is 5.97 Å². The number of unbranched alkanes of at least 4 members (excludes halogenated alkanes) is 8. The highest BCUT2D eigenvalue weighted by Crippen LogP contribution is 2.08. The zero-order valence-electron chi connectivity index (χ0n) is 13.2. The summed E-state index contributed by atoms with van der Waals surface area (Å²) in [5.41, 5.74) is 0. The molecule has 2 nitrogen and oxygen atoms in total. The first-order valence-corrected chi connectivity index (χ1v) is 8.29. The SMILES string of the molecule is CCCCCC=C[13CH2]C=CCCCCCCCC(=O)O. The Bertz CT molecular complexity index is 267. The molecule has 2 heteroatoms. The number of rotatable bonds is 14. The van der Waals surface area contributed by atoms with Crippen LogP contribution in [0.2, 0.25) is 0 Å². The van der Waals surface area contributed by atoms with Crippen molar-refractivity contribution in [3.63, 3.8) is 0 Å². The summed E-state index contributed by atoms with van der Waals surface area (Å²) < 4.78 is 0. The van der Waals surface area contributed by atoms with Gasteiger partial charge in [-0.3, -0.25) is 4.79 Å². The van der Waals surface area contributed by atoms with Crippen molar-refractivity contribution in [2.75, 3.05) is 0 Å². The number of hydrogen-bond donors (Lipinski definition) is 1. The first-order valence-electron chi connectivity index (χ1n) is 8.29. The third-order valence-electron chi connectivity index (χ3n) is 3.34. The van der Waals surface area contributed by atoms with E-state index in [1.54, 1.807) is 0 Å². The Morgan fingerprint density at radius 2 is 1.35 bits per heavy atom. The number of aliphatic carboxylic acids is 1. The van der Waals surface area contributed by atoms with Gasteiger partial charge in [-0.05, 0) is 38.5 Å².